The van der Waals surface area contributed by atoms with Gasteiger partial charge in [0.15, 0.2) is 12.4 Å². The number of anilines is 1. The minimum atomic E-state index is -0.498. The van der Waals surface area contributed by atoms with Crippen molar-refractivity contribution >= 4 is 45.2 Å². The molecule has 168 valence electrons. The Morgan fingerprint density at radius 1 is 1.12 bits per heavy atom. The predicted octanol–water partition coefficient (Wildman–Crippen LogP) is 2.55. The normalized spacial score (nSPS) is 10.7. The molecule has 2 heterocycles. The van der Waals surface area contributed by atoms with E-state index in [0.717, 1.165) is 16.9 Å². The van der Waals surface area contributed by atoms with Crippen LogP contribution in [0.25, 0.3) is 10.2 Å². The lowest BCUT2D eigenvalue weighted by molar-refractivity contribution is -0.145. The van der Waals surface area contributed by atoms with Gasteiger partial charge in [-0.15, -0.1) is 11.3 Å². The summed E-state index contributed by atoms with van der Waals surface area (Å²) in [6, 6.07) is 9.33. The topological polar surface area (TPSA) is 134 Å². The minimum absolute atomic E-state index is 0.0172. The molecule has 32 heavy (non-hydrogen) atoms. The number of benzene rings is 1. The number of carbonyl (C=O) groups excluding carboxylic acids is 3. The van der Waals surface area contributed by atoms with Crippen molar-refractivity contribution in [3.8, 4) is 0 Å². The van der Waals surface area contributed by atoms with E-state index in [4.69, 9.17) is 15.2 Å². The number of amides is 1. The monoisotopic (exact) mass is 456 g/mol. The second-order valence-corrected chi connectivity index (χ2v) is 7.90. The maximum atomic E-state index is 12.1. The summed E-state index contributed by atoms with van der Waals surface area (Å²) in [7, 11) is 0. The molecule has 0 aliphatic carbocycles. The van der Waals surface area contributed by atoms with Crippen molar-refractivity contribution < 1.29 is 23.9 Å². The summed E-state index contributed by atoms with van der Waals surface area (Å²) in [5, 5.41) is 3.28. The van der Waals surface area contributed by atoms with E-state index in [1.165, 1.54) is 0 Å². The van der Waals surface area contributed by atoms with Gasteiger partial charge >= 0.3 is 11.9 Å². The first-order chi connectivity index (χ1) is 15.4. The highest BCUT2D eigenvalue weighted by atomic mass is 32.1. The van der Waals surface area contributed by atoms with Gasteiger partial charge < -0.3 is 20.5 Å². The molecule has 0 atom stereocenters. The van der Waals surface area contributed by atoms with E-state index in [9.17, 15) is 14.4 Å². The average molecular weight is 457 g/mol. The summed E-state index contributed by atoms with van der Waals surface area (Å²) in [5.41, 5.74) is 7.60. The zero-order valence-corrected chi connectivity index (χ0v) is 18.7. The van der Waals surface area contributed by atoms with Gasteiger partial charge in [0.05, 0.1) is 24.8 Å². The molecule has 3 N–H and O–H groups in total. The molecule has 0 unspecified atom stereocenters. The highest BCUT2D eigenvalue weighted by molar-refractivity contribution is 7.20. The Balaban J connectivity index is 1.52. The summed E-state index contributed by atoms with van der Waals surface area (Å²) >= 11 is 1.16. The number of carbonyl (C=O) groups is 3. The first-order valence-electron chi connectivity index (χ1n) is 10.1. The van der Waals surface area contributed by atoms with Crippen molar-refractivity contribution in [3.05, 3.63) is 52.2 Å². The molecule has 0 fully saturated rings. The van der Waals surface area contributed by atoms with Crippen LogP contribution in [0.5, 0.6) is 0 Å². The van der Waals surface area contributed by atoms with Crippen molar-refractivity contribution in [2.75, 3.05) is 18.9 Å². The van der Waals surface area contributed by atoms with Crippen molar-refractivity contribution in [2.24, 2.45) is 0 Å². The Morgan fingerprint density at radius 2 is 1.88 bits per heavy atom. The number of rotatable bonds is 9. The van der Waals surface area contributed by atoms with Crippen molar-refractivity contribution in [3.63, 3.8) is 0 Å². The van der Waals surface area contributed by atoms with Crippen LogP contribution in [0.2, 0.25) is 0 Å². The summed E-state index contributed by atoms with van der Waals surface area (Å²) in [6.07, 6.45) is 0.264. The number of ether oxygens (including phenoxy) is 2. The SMILES string of the molecule is CCOC(=O)c1sc2nc(COC(=O)CCNC(=O)Cc3ccccc3)nc(N)c2c1C. The smallest absolute Gasteiger partial charge is 0.348 e. The number of hydrogen-bond donors (Lipinski definition) is 2. The van der Waals surface area contributed by atoms with E-state index >= 15 is 0 Å². The molecule has 1 aromatic carbocycles. The van der Waals surface area contributed by atoms with Gasteiger partial charge in [-0.25, -0.2) is 14.8 Å². The Hall–Kier alpha value is -3.53. The molecule has 3 rings (SSSR count). The van der Waals surface area contributed by atoms with E-state index in [-0.39, 0.29) is 50.1 Å². The van der Waals surface area contributed by atoms with Crippen LogP contribution in [0.4, 0.5) is 5.82 Å². The Kier molecular flexibility index (Phi) is 7.72. The van der Waals surface area contributed by atoms with Crippen molar-refractivity contribution in [1.82, 2.24) is 15.3 Å². The molecule has 0 saturated carbocycles. The largest absolute Gasteiger partial charge is 0.462 e. The predicted molar refractivity (Wildman–Crippen MR) is 120 cm³/mol. The zero-order chi connectivity index (χ0) is 23.1. The Bertz CT molecular complexity index is 1130. The fourth-order valence-electron chi connectivity index (χ4n) is 3.04. The molecule has 0 saturated heterocycles. The van der Waals surface area contributed by atoms with Gasteiger partial charge in [-0.1, -0.05) is 30.3 Å². The number of nitrogens with two attached hydrogens (primary N) is 1. The standard InChI is InChI=1S/C22H24N4O5S/c1-3-30-22(29)19-13(2)18-20(23)25-15(26-21(18)32-19)12-31-17(28)9-10-24-16(27)11-14-7-5-4-6-8-14/h4-8H,3,9-12H2,1-2H3,(H,24,27)(H2,23,25,26). The van der Waals surface area contributed by atoms with E-state index in [1.807, 2.05) is 30.3 Å². The van der Waals surface area contributed by atoms with Gasteiger partial charge in [-0.3, -0.25) is 9.59 Å². The third-order valence-corrected chi connectivity index (χ3v) is 5.71. The number of hydrogen-bond acceptors (Lipinski definition) is 9. The minimum Gasteiger partial charge on any atom is -0.462 e. The quantitative estimate of drug-likeness (QED) is 0.469. The molecular weight excluding hydrogens is 432 g/mol. The number of nitrogens with one attached hydrogen (secondary N) is 1. The number of nitrogens with zero attached hydrogens (tertiary/aromatic N) is 2. The maximum Gasteiger partial charge on any atom is 0.348 e. The number of fused-ring (bicyclic) bond motifs is 1. The fourth-order valence-corrected chi connectivity index (χ4v) is 4.14. The van der Waals surface area contributed by atoms with Crippen LogP contribution >= 0.6 is 11.3 Å². The Morgan fingerprint density at radius 3 is 2.59 bits per heavy atom. The summed E-state index contributed by atoms with van der Waals surface area (Å²) in [5.74, 6) is -0.667. The second kappa shape index (κ2) is 10.7. The highest BCUT2D eigenvalue weighted by Crippen LogP contribution is 2.33. The van der Waals surface area contributed by atoms with Crippen molar-refractivity contribution in [1.29, 1.82) is 0 Å². The van der Waals surface area contributed by atoms with E-state index in [2.05, 4.69) is 15.3 Å². The number of nitrogen functional groups attached to an aromatic ring is 1. The molecule has 2 aromatic heterocycles. The van der Waals surface area contributed by atoms with Crippen LogP contribution in [0.3, 0.4) is 0 Å². The molecule has 0 radical (unpaired) electrons. The molecule has 0 bridgehead atoms. The van der Waals surface area contributed by atoms with E-state index in [0.29, 0.717) is 20.7 Å². The molecule has 9 nitrogen and oxygen atoms in total. The molecule has 0 aliphatic rings. The number of aryl methyl sites for hydroxylation is 1. The third kappa shape index (κ3) is 5.79. The van der Waals surface area contributed by atoms with Crippen LogP contribution in [-0.4, -0.2) is 41.0 Å². The molecule has 10 heteroatoms. The van der Waals surface area contributed by atoms with Gasteiger partial charge in [-0.2, -0.15) is 0 Å². The van der Waals surface area contributed by atoms with Gasteiger partial charge in [0.2, 0.25) is 5.91 Å². The number of thiophene rings is 1. The van der Waals surface area contributed by atoms with Crippen LogP contribution in [-0.2, 0) is 32.1 Å². The van der Waals surface area contributed by atoms with E-state index < -0.39 is 11.9 Å². The lowest BCUT2D eigenvalue weighted by Gasteiger charge is -2.07. The molecule has 1 amide bonds. The average Bonchev–Trinajstić information content (AvgIpc) is 3.10. The van der Waals surface area contributed by atoms with Gasteiger partial charge in [0, 0.05) is 6.54 Å². The van der Waals surface area contributed by atoms with Gasteiger partial charge in [-0.05, 0) is 25.0 Å². The summed E-state index contributed by atoms with van der Waals surface area (Å²) in [4.78, 5) is 45.5. The highest BCUT2D eigenvalue weighted by Gasteiger charge is 2.20. The van der Waals surface area contributed by atoms with Crippen LogP contribution in [0.1, 0.15) is 40.0 Å². The Labute approximate surface area is 189 Å². The van der Waals surface area contributed by atoms with Crippen LogP contribution in [0, 0.1) is 6.92 Å². The summed E-state index contributed by atoms with van der Waals surface area (Å²) in [6.45, 7) is 3.76. The zero-order valence-electron chi connectivity index (χ0n) is 17.8. The first kappa shape index (κ1) is 23.1. The number of aromatic nitrogens is 2. The second-order valence-electron chi connectivity index (χ2n) is 6.90. The molecule has 0 aliphatic heterocycles. The molecule has 3 aromatic rings. The van der Waals surface area contributed by atoms with Gasteiger partial charge in [0.1, 0.15) is 15.5 Å². The van der Waals surface area contributed by atoms with Crippen LogP contribution < -0.4 is 11.1 Å². The maximum absolute atomic E-state index is 12.1. The fraction of sp³-hybridized carbons (Fsp3) is 0.318. The van der Waals surface area contributed by atoms with Crippen molar-refractivity contribution in [2.45, 2.75) is 33.3 Å². The lowest BCUT2D eigenvalue weighted by Crippen LogP contribution is -2.28. The number of esters is 2. The summed E-state index contributed by atoms with van der Waals surface area (Å²) < 4.78 is 10.3. The first-order valence-corrected chi connectivity index (χ1v) is 10.9. The van der Waals surface area contributed by atoms with E-state index in [1.54, 1.807) is 13.8 Å². The third-order valence-electron chi connectivity index (χ3n) is 4.55. The molecule has 0 spiro atoms. The molecular formula is C22H24N4O5S. The van der Waals surface area contributed by atoms with Crippen LogP contribution in [0.15, 0.2) is 30.3 Å². The van der Waals surface area contributed by atoms with Gasteiger partial charge in [0.25, 0.3) is 0 Å². The lowest BCUT2D eigenvalue weighted by atomic mass is 10.1.